The molecule has 0 bridgehead atoms. The predicted octanol–water partition coefficient (Wildman–Crippen LogP) is 4.53. The van der Waals surface area contributed by atoms with E-state index in [-0.39, 0.29) is 35.2 Å². The second-order valence-corrected chi connectivity index (χ2v) is 7.14. The normalized spacial score (nSPS) is 10.8. The standard InChI is InChI=1S/C24H21N3O5/c1-4-31-24(30)21-20(14(2)28)15(3)32-23(21)26-22(29)17-10-11-27-13-18(25-19(27)12-17)16-8-6-5-7-9-16/h5-13H,4H2,1-3H3,(H,26,29). The number of carbonyl (C=O) groups excluding carboxylic acids is 3. The van der Waals surface area contributed by atoms with Crippen molar-refractivity contribution in [2.45, 2.75) is 20.8 Å². The van der Waals surface area contributed by atoms with E-state index in [1.54, 1.807) is 32.2 Å². The summed E-state index contributed by atoms with van der Waals surface area (Å²) in [5.74, 6) is -1.49. The van der Waals surface area contributed by atoms with Crippen molar-refractivity contribution in [3.8, 4) is 11.3 Å². The van der Waals surface area contributed by atoms with Crippen LogP contribution >= 0.6 is 0 Å². The fourth-order valence-electron chi connectivity index (χ4n) is 3.50. The fourth-order valence-corrected chi connectivity index (χ4v) is 3.50. The molecule has 1 aromatic carbocycles. The van der Waals surface area contributed by atoms with Gasteiger partial charge >= 0.3 is 5.97 Å². The van der Waals surface area contributed by atoms with Gasteiger partial charge in [0.15, 0.2) is 5.78 Å². The molecule has 1 N–H and O–H groups in total. The number of fused-ring (bicyclic) bond motifs is 1. The SMILES string of the molecule is CCOC(=O)c1c(NC(=O)c2ccn3cc(-c4ccccc4)nc3c2)oc(C)c1C(C)=O. The number of Topliss-reactive ketones (excluding diaryl/α,β-unsaturated/α-hetero) is 1. The summed E-state index contributed by atoms with van der Waals surface area (Å²) in [5.41, 5.74) is 2.65. The number of hydrogen-bond acceptors (Lipinski definition) is 6. The van der Waals surface area contributed by atoms with Gasteiger partial charge in [0.25, 0.3) is 5.91 Å². The Morgan fingerprint density at radius 3 is 2.56 bits per heavy atom. The Balaban J connectivity index is 1.66. The van der Waals surface area contributed by atoms with Gasteiger partial charge in [-0.25, -0.2) is 9.78 Å². The molecule has 4 aromatic rings. The first-order chi connectivity index (χ1) is 15.4. The van der Waals surface area contributed by atoms with Crippen LogP contribution in [0, 0.1) is 6.92 Å². The van der Waals surface area contributed by atoms with Crippen LogP contribution in [0.15, 0.2) is 59.3 Å². The third kappa shape index (κ3) is 3.90. The molecule has 32 heavy (non-hydrogen) atoms. The number of nitrogens with zero attached hydrogens (tertiary/aromatic N) is 2. The van der Waals surface area contributed by atoms with Crippen molar-refractivity contribution in [1.29, 1.82) is 0 Å². The zero-order valence-electron chi connectivity index (χ0n) is 17.8. The number of carbonyl (C=O) groups is 3. The molecule has 8 nitrogen and oxygen atoms in total. The molecule has 0 aliphatic heterocycles. The highest BCUT2D eigenvalue weighted by molar-refractivity contribution is 6.12. The van der Waals surface area contributed by atoms with E-state index in [1.807, 2.05) is 40.9 Å². The molecule has 0 saturated carbocycles. The summed E-state index contributed by atoms with van der Waals surface area (Å²) in [4.78, 5) is 42.0. The molecule has 0 fully saturated rings. The maximum absolute atomic E-state index is 12.9. The Kier molecular flexibility index (Phi) is 5.59. The number of amides is 1. The van der Waals surface area contributed by atoms with E-state index < -0.39 is 11.9 Å². The van der Waals surface area contributed by atoms with Crippen molar-refractivity contribution < 1.29 is 23.5 Å². The van der Waals surface area contributed by atoms with E-state index in [0.29, 0.717) is 11.2 Å². The molecule has 3 aromatic heterocycles. The number of anilines is 1. The number of benzene rings is 1. The number of aryl methyl sites for hydroxylation is 1. The van der Waals surface area contributed by atoms with E-state index >= 15 is 0 Å². The highest BCUT2D eigenvalue weighted by atomic mass is 16.5. The quantitative estimate of drug-likeness (QED) is 0.355. The molecule has 0 saturated heterocycles. The summed E-state index contributed by atoms with van der Waals surface area (Å²) < 4.78 is 12.4. The Morgan fingerprint density at radius 2 is 1.88 bits per heavy atom. The van der Waals surface area contributed by atoms with Crippen LogP contribution in [0.2, 0.25) is 0 Å². The van der Waals surface area contributed by atoms with E-state index in [1.165, 1.54) is 6.92 Å². The molecule has 8 heteroatoms. The maximum Gasteiger partial charge on any atom is 0.344 e. The maximum atomic E-state index is 12.9. The van der Waals surface area contributed by atoms with Gasteiger partial charge in [-0.2, -0.15) is 0 Å². The molecule has 1 amide bonds. The van der Waals surface area contributed by atoms with Gasteiger partial charge in [0.2, 0.25) is 5.88 Å². The lowest BCUT2D eigenvalue weighted by atomic mass is 10.1. The lowest BCUT2D eigenvalue weighted by Crippen LogP contribution is -2.16. The van der Waals surface area contributed by atoms with Gasteiger partial charge in [0, 0.05) is 23.5 Å². The first-order valence-electron chi connectivity index (χ1n) is 10.1. The van der Waals surface area contributed by atoms with E-state index in [2.05, 4.69) is 10.3 Å². The molecule has 0 unspecified atom stereocenters. The van der Waals surface area contributed by atoms with E-state index in [0.717, 1.165) is 11.3 Å². The summed E-state index contributed by atoms with van der Waals surface area (Å²) in [6, 6.07) is 13.0. The van der Waals surface area contributed by atoms with Gasteiger partial charge < -0.3 is 13.6 Å². The summed E-state index contributed by atoms with van der Waals surface area (Å²) in [6.45, 7) is 4.65. The number of imidazole rings is 1. The van der Waals surface area contributed by atoms with Crippen LogP contribution < -0.4 is 5.32 Å². The average molecular weight is 431 g/mol. The zero-order valence-corrected chi connectivity index (χ0v) is 17.8. The highest BCUT2D eigenvalue weighted by Gasteiger charge is 2.29. The van der Waals surface area contributed by atoms with Gasteiger partial charge in [0.1, 0.15) is 17.0 Å². The minimum atomic E-state index is -0.735. The van der Waals surface area contributed by atoms with Crippen LogP contribution in [0.4, 0.5) is 5.88 Å². The fraction of sp³-hybridized carbons (Fsp3) is 0.167. The van der Waals surface area contributed by atoms with Gasteiger partial charge in [-0.3, -0.25) is 14.9 Å². The molecule has 4 rings (SSSR count). The monoisotopic (exact) mass is 431 g/mol. The minimum absolute atomic E-state index is 0.0848. The van der Waals surface area contributed by atoms with Crippen molar-refractivity contribution in [2.24, 2.45) is 0 Å². The Hall–Kier alpha value is -4.20. The number of ketones is 1. The first-order valence-corrected chi connectivity index (χ1v) is 10.1. The van der Waals surface area contributed by atoms with Gasteiger partial charge in [0.05, 0.1) is 17.9 Å². The van der Waals surface area contributed by atoms with E-state index in [9.17, 15) is 14.4 Å². The van der Waals surface area contributed by atoms with Crippen molar-refractivity contribution in [1.82, 2.24) is 9.38 Å². The molecule has 0 spiro atoms. The van der Waals surface area contributed by atoms with Crippen molar-refractivity contribution >= 4 is 29.2 Å². The number of hydrogen-bond donors (Lipinski definition) is 1. The number of rotatable bonds is 6. The molecule has 0 aliphatic carbocycles. The number of furan rings is 1. The molecule has 3 heterocycles. The van der Waals surface area contributed by atoms with Crippen molar-refractivity contribution in [3.05, 3.63) is 77.3 Å². The minimum Gasteiger partial charge on any atom is -0.462 e. The van der Waals surface area contributed by atoms with Gasteiger partial charge in [-0.1, -0.05) is 30.3 Å². The third-order valence-electron chi connectivity index (χ3n) is 4.93. The van der Waals surface area contributed by atoms with Crippen molar-refractivity contribution in [2.75, 3.05) is 11.9 Å². The number of pyridine rings is 1. The Bertz CT molecular complexity index is 1330. The average Bonchev–Trinajstić information content (AvgIpc) is 3.34. The largest absolute Gasteiger partial charge is 0.462 e. The summed E-state index contributed by atoms with van der Waals surface area (Å²) >= 11 is 0. The van der Waals surface area contributed by atoms with Crippen LogP contribution in [0.3, 0.4) is 0 Å². The predicted molar refractivity (Wildman–Crippen MR) is 118 cm³/mol. The van der Waals surface area contributed by atoms with Gasteiger partial charge in [-0.15, -0.1) is 0 Å². The number of esters is 1. The van der Waals surface area contributed by atoms with Crippen LogP contribution in [0.1, 0.15) is 50.7 Å². The summed E-state index contributed by atoms with van der Waals surface area (Å²) in [6.07, 6.45) is 3.60. The highest BCUT2D eigenvalue weighted by Crippen LogP contribution is 2.29. The zero-order chi connectivity index (χ0) is 22.8. The molecule has 0 radical (unpaired) electrons. The molecular weight excluding hydrogens is 410 g/mol. The first kappa shape index (κ1) is 21.0. The Labute approximate surface area is 183 Å². The molecule has 0 atom stereocenters. The topological polar surface area (TPSA) is 103 Å². The van der Waals surface area contributed by atoms with Crippen LogP contribution in [0.25, 0.3) is 16.9 Å². The molecule has 0 aliphatic rings. The number of ether oxygens (including phenoxy) is 1. The van der Waals surface area contributed by atoms with Gasteiger partial charge in [-0.05, 0) is 32.9 Å². The molecule has 162 valence electrons. The van der Waals surface area contributed by atoms with Crippen molar-refractivity contribution in [3.63, 3.8) is 0 Å². The van der Waals surface area contributed by atoms with Crippen LogP contribution in [-0.2, 0) is 4.74 Å². The summed E-state index contributed by atoms with van der Waals surface area (Å²) in [7, 11) is 0. The second-order valence-electron chi connectivity index (χ2n) is 7.14. The number of nitrogens with one attached hydrogen (secondary N) is 1. The molecular formula is C24H21N3O5. The smallest absolute Gasteiger partial charge is 0.344 e. The van der Waals surface area contributed by atoms with Crippen LogP contribution in [-0.4, -0.2) is 33.7 Å². The summed E-state index contributed by atoms with van der Waals surface area (Å²) in [5, 5.41) is 2.59. The lowest BCUT2D eigenvalue weighted by molar-refractivity contribution is 0.0524. The second kappa shape index (κ2) is 8.50. The van der Waals surface area contributed by atoms with E-state index in [4.69, 9.17) is 9.15 Å². The third-order valence-corrected chi connectivity index (χ3v) is 4.93. The lowest BCUT2D eigenvalue weighted by Gasteiger charge is -2.06. The Morgan fingerprint density at radius 1 is 1.12 bits per heavy atom. The number of aromatic nitrogens is 2. The van der Waals surface area contributed by atoms with Crippen LogP contribution in [0.5, 0.6) is 0 Å².